The fraction of sp³-hybridized carbons (Fsp3) is 0.448. The van der Waals surface area contributed by atoms with Gasteiger partial charge in [-0.05, 0) is 42.7 Å². The zero-order chi connectivity index (χ0) is 27.5. The van der Waals surface area contributed by atoms with Crippen molar-refractivity contribution in [2.45, 2.75) is 50.3 Å². The van der Waals surface area contributed by atoms with Gasteiger partial charge >= 0.3 is 0 Å². The highest BCUT2D eigenvalue weighted by atomic mass is 32.2. The van der Waals surface area contributed by atoms with Gasteiger partial charge in [0.2, 0.25) is 10.0 Å². The van der Waals surface area contributed by atoms with E-state index in [4.69, 9.17) is 9.72 Å². The molecule has 4 aromatic rings. The largest absolute Gasteiger partial charge is 0.493 e. The van der Waals surface area contributed by atoms with E-state index in [0.29, 0.717) is 25.3 Å². The first-order valence-corrected chi connectivity index (χ1v) is 15.5. The number of aromatic amines is 1. The molecule has 6 rings (SSSR count). The molecule has 1 N–H and O–H groups in total. The zero-order valence-electron chi connectivity index (χ0n) is 22.8. The Labute approximate surface area is 234 Å². The van der Waals surface area contributed by atoms with Gasteiger partial charge in [-0.25, -0.2) is 23.4 Å². The summed E-state index contributed by atoms with van der Waals surface area (Å²) in [7, 11) is -1.57. The Morgan fingerprint density at radius 3 is 2.65 bits per heavy atom. The summed E-state index contributed by atoms with van der Waals surface area (Å²) in [6.07, 6.45) is 10.4. The second-order valence-corrected chi connectivity index (χ2v) is 12.9. The minimum absolute atomic E-state index is 0.185. The van der Waals surface area contributed by atoms with Crippen molar-refractivity contribution in [2.75, 3.05) is 33.3 Å². The van der Waals surface area contributed by atoms with Gasteiger partial charge in [-0.15, -0.1) is 0 Å². The van der Waals surface area contributed by atoms with Crippen LogP contribution in [0.5, 0.6) is 5.75 Å². The van der Waals surface area contributed by atoms with Crippen molar-refractivity contribution in [3.05, 3.63) is 66.1 Å². The third kappa shape index (κ3) is 5.72. The number of methoxy groups -OCH3 is 1. The molecule has 10 nitrogen and oxygen atoms in total. The summed E-state index contributed by atoms with van der Waals surface area (Å²) in [6.45, 7) is 3.40. The van der Waals surface area contributed by atoms with Crippen LogP contribution in [0, 0.1) is 0 Å². The molecule has 0 atom stereocenters. The first kappa shape index (κ1) is 26.8. The van der Waals surface area contributed by atoms with Gasteiger partial charge in [0.1, 0.15) is 17.8 Å². The van der Waals surface area contributed by atoms with E-state index in [2.05, 4.69) is 30.9 Å². The molecule has 0 unspecified atom stereocenters. The van der Waals surface area contributed by atoms with Gasteiger partial charge in [-0.1, -0.05) is 25.3 Å². The summed E-state index contributed by atoms with van der Waals surface area (Å²) in [5.74, 6) is 1.46. The number of imidazole rings is 1. The predicted octanol–water partition coefficient (Wildman–Crippen LogP) is 3.79. The highest BCUT2D eigenvalue weighted by Crippen LogP contribution is 2.29. The van der Waals surface area contributed by atoms with Crippen molar-refractivity contribution in [3.63, 3.8) is 0 Å². The molecule has 3 aromatic heterocycles. The minimum Gasteiger partial charge on any atom is -0.493 e. The number of nitrogens with zero attached hydrogens (tertiary/aromatic N) is 6. The number of fused-ring (bicyclic) bond motifs is 1. The van der Waals surface area contributed by atoms with Gasteiger partial charge in [0, 0.05) is 56.6 Å². The SMILES string of the molecule is COc1cncnc1-c1ccc2nc(Cc3cc(CN4CCN(S(=O)(=O)C5CCCCC5)CC4)ccn3)[nH]c2c1. The van der Waals surface area contributed by atoms with Crippen molar-refractivity contribution in [3.8, 4) is 17.0 Å². The molecule has 1 saturated heterocycles. The Morgan fingerprint density at radius 1 is 1.02 bits per heavy atom. The second-order valence-electron chi connectivity index (χ2n) is 10.7. The molecular weight excluding hydrogens is 526 g/mol. The molecular formula is C29H35N7O3S. The summed E-state index contributed by atoms with van der Waals surface area (Å²) in [5.41, 5.74) is 5.57. The number of H-pyrrole nitrogens is 1. The molecule has 210 valence electrons. The lowest BCUT2D eigenvalue weighted by Gasteiger charge is -2.36. The summed E-state index contributed by atoms with van der Waals surface area (Å²) >= 11 is 0. The van der Waals surface area contributed by atoms with Crippen LogP contribution in [0.1, 0.15) is 49.2 Å². The van der Waals surface area contributed by atoms with E-state index >= 15 is 0 Å². The lowest BCUT2D eigenvalue weighted by molar-refractivity contribution is 0.180. The first-order chi connectivity index (χ1) is 19.5. The molecule has 1 aliphatic heterocycles. The van der Waals surface area contributed by atoms with Gasteiger partial charge < -0.3 is 9.72 Å². The van der Waals surface area contributed by atoms with E-state index in [0.717, 1.165) is 85.5 Å². The lowest BCUT2D eigenvalue weighted by Crippen LogP contribution is -2.51. The smallest absolute Gasteiger partial charge is 0.217 e. The van der Waals surface area contributed by atoms with E-state index in [1.807, 2.05) is 30.5 Å². The van der Waals surface area contributed by atoms with Crippen LogP contribution < -0.4 is 4.74 Å². The van der Waals surface area contributed by atoms with E-state index < -0.39 is 10.0 Å². The first-order valence-electron chi connectivity index (χ1n) is 14.0. The van der Waals surface area contributed by atoms with Crippen molar-refractivity contribution < 1.29 is 13.2 Å². The topological polar surface area (TPSA) is 117 Å². The highest BCUT2D eigenvalue weighted by Gasteiger charge is 2.34. The fourth-order valence-electron chi connectivity index (χ4n) is 5.85. The van der Waals surface area contributed by atoms with Crippen LogP contribution in [-0.4, -0.2) is 81.1 Å². The zero-order valence-corrected chi connectivity index (χ0v) is 23.6. The molecule has 40 heavy (non-hydrogen) atoms. The molecule has 11 heteroatoms. The molecule has 1 aliphatic carbocycles. The maximum Gasteiger partial charge on any atom is 0.217 e. The maximum atomic E-state index is 13.1. The molecule has 0 bridgehead atoms. The van der Waals surface area contributed by atoms with Crippen molar-refractivity contribution >= 4 is 21.1 Å². The summed E-state index contributed by atoms with van der Waals surface area (Å²) < 4.78 is 33.3. The second kappa shape index (κ2) is 11.6. The van der Waals surface area contributed by atoms with Crippen LogP contribution in [0.4, 0.5) is 0 Å². The molecule has 2 fully saturated rings. The van der Waals surface area contributed by atoms with Crippen LogP contribution in [0.2, 0.25) is 0 Å². The molecule has 0 radical (unpaired) electrons. The van der Waals surface area contributed by atoms with Gasteiger partial charge in [0.25, 0.3) is 0 Å². The quantitative estimate of drug-likeness (QED) is 0.345. The van der Waals surface area contributed by atoms with Gasteiger partial charge in [0.05, 0.1) is 29.6 Å². The Balaban J connectivity index is 1.09. The van der Waals surface area contributed by atoms with E-state index in [-0.39, 0.29) is 5.25 Å². The van der Waals surface area contributed by atoms with Crippen LogP contribution >= 0.6 is 0 Å². The Morgan fingerprint density at radius 2 is 1.85 bits per heavy atom. The van der Waals surface area contributed by atoms with Crippen molar-refractivity contribution in [1.29, 1.82) is 0 Å². The highest BCUT2D eigenvalue weighted by molar-refractivity contribution is 7.89. The number of sulfonamides is 1. The van der Waals surface area contributed by atoms with Crippen LogP contribution in [0.15, 0.2) is 49.1 Å². The number of nitrogens with one attached hydrogen (secondary N) is 1. The van der Waals surface area contributed by atoms with Gasteiger partial charge in [0.15, 0.2) is 5.75 Å². The van der Waals surface area contributed by atoms with Crippen LogP contribution in [-0.2, 0) is 23.0 Å². The standard InChI is InChI=1S/C29H35N7O3S/c1-39-27-18-30-20-32-29(27)22-7-8-25-26(16-22)34-28(33-25)17-23-15-21(9-10-31-23)19-35-11-13-36(14-12-35)40(37,38)24-5-3-2-4-6-24/h7-10,15-16,18,20,24H,2-6,11-14,17,19H2,1H3,(H,33,34). The molecule has 0 amide bonds. The fourth-order valence-corrected chi connectivity index (χ4v) is 7.87. The van der Waals surface area contributed by atoms with Gasteiger partial charge in [-0.3, -0.25) is 9.88 Å². The van der Waals surface area contributed by atoms with Gasteiger partial charge in [-0.2, -0.15) is 4.31 Å². The summed E-state index contributed by atoms with van der Waals surface area (Å²) in [4.78, 5) is 23.5. The number of aromatic nitrogens is 5. The number of piperazine rings is 1. The molecule has 1 aromatic carbocycles. The summed E-state index contributed by atoms with van der Waals surface area (Å²) in [5, 5.41) is -0.185. The number of hydrogen-bond donors (Lipinski definition) is 1. The Kier molecular flexibility index (Phi) is 7.77. The third-order valence-corrected chi connectivity index (χ3v) is 10.4. The average molecular weight is 562 g/mol. The molecule has 4 heterocycles. The number of ether oxygens (including phenoxy) is 1. The maximum absolute atomic E-state index is 13.1. The minimum atomic E-state index is -3.18. The number of pyridine rings is 1. The molecule has 2 aliphatic rings. The molecule has 1 saturated carbocycles. The van der Waals surface area contributed by atoms with Crippen molar-refractivity contribution in [2.24, 2.45) is 0 Å². The number of benzene rings is 1. The molecule has 0 spiro atoms. The number of rotatable bonds is 8. The number of hydrogen-bond acceptors (Lipinski definition) is 8. The Bertz CT molecular complexity index is 1580. The van der Waals surface area contributed by atoms with Crippen LogP contribution in [0.3, 0.4) is 0 Å². The lowest BCUT2D eigenvalue weighted by atomic mass is 10.0. The predicted molar refractivity (Wildman–Crippen MR) is 153 cm³/mol. The normalized spacial score (nSPS) is 17.8. The van der Waals surface area contributed by atoms with Crippen molar-refractivity contribution in [1.82, 2.24) is 34.1 Å². The van der Waals surface area contributed by atoms with Crippen LogP contribution in [0.25, 0.3) is 22.3 Å². The monoisotopic (exact) mass is 561 g/mol. The summed E-state index contributed by atoms with van der Waals surface area (Å²) in [6, 6.07) is 10.1. The van der Waals surface area contributed by atoms with E-state index in [1.165, 1.54) is 11.9 Å². The third-order valence-electron chi connectivity index (χ3n) is 8.00. The average Bonchev–Trinajstić information content (AvgIpc) is 3.39. The van der Waals surface area contributed by atoms with E-state index in [1.54, 1.807) is 17.6 Å². The Hall–Kier alpha value is -3.41. The van der Waals surface area contributed by atoms with E-state index in [9.17, 15) is 8.42 Å².